The Hall–Kier alpha value is -2.30. The van der Waals surface area contributed by atoms with Crippen molar-refractivity contribution in [2.24, 2.45) is 5.73 Å². The summed E-state index contributed by atoms with van der Waals surface area (Å²) in [4.78, 5) is 25.0. The maximum Gasteiger partial charge on any atom is 0.526 e. The van der Waals surface area contributed by atoms with Crippen LogP contribution in [0.4, 0.5) is 0 Å². The molecular weight excluding hydrogens is 343 g/mol. The first-order valence-corrected chi connectivity index (χ1v) is 8.47. The van der Waals surface area contributed by atoms with Crippen LogP contribution in [0.15, 0.2) is 12.1 Å². The average Bonchev–Trinajstić information content (AvgIpc) is 3.37. The van der Waals surface area contributed by atoms with Gasteiger partial charge in [0, 0.05) is 5.82 Å². The normalized spacial score (nSPS) is 24.7. The highest BCUT2D eigenvalue weighted by Gasteiger charge is 2.54. The molecule has 0 spiro atoms. The minimum Gasteiger partial charge on any atom is -0.535 e. The molecule has 1 amide bonds. The summed E-state index contributed by atoms with van der Waals surface area (Å²) in [6, 6.07) is 2.41. The predicted octanol–water partition coefficient (Wildman–Crippen LogP) is -0.976. The Labute approximate surface area is 149 Å². The van der Waals surface area contributed by atoms with Gasteiger partial charge in [-0.25, -0.2) is 4.79 Å². The Morgan fingerprint density at radius 1 is 1.42 bits per heavy atom. The fourth-order valence-corrected chi connectivity index (χ4v) is 3.58. The third-order valence-electron chi connectivity index (χ3n) is 5.18. The quantitative estimate of drug-likeness (QED) is 0.490. The zero-order chi connectivity index (χ0) is 18.6. The standard InChI is InChI=1S/C16H19BN2O7/c18-11(6-20)15(21)19-4-7(5-19)25-12-2-1-8-9-3-10(9)17(24)26-14(8)13(12)16(22)23/h1-2,7,9-11,20,24H,3-6,18H2,(H,22,23)/t9?,10?,11-/m1/s1. The summed E-state index contributed by atoms with van der Waals surface area (Å²) in [6.07, 6.45) is 0.404. The first-order chi connectivity index (χ1) is 12.4. The monoisotopic (exact) mass is 362 g/mol. The van der Waals surface area contributed by atoms with Gasteiger partial charge < -0.3 is 35.3 Å². The van der Waals surface area contributed by atoms with Crippen LogP contribution < -0.4 is 15.1 Å². The number of carbonyl (C=O) groups is 2. The van der Waals surface area contributed by atoms with Gasteiger partial charge in [0.25, 0.3) is 0 Å². The molecule has 2 aliphatic heterocycles. The lowest BCUT2D eigenvalue weighted by atomic mass is 9.77. The molecule has 10 heteroatoms. The largest absolute Gasteiger partial charge is 0.535 e. The molecule has 3 aliphatic rings. The number of nitrogens with zero attached hydrogens (tertiary/aromatic N) is 1. The molecule has 3 atom stereocenters. The number of rotatable bonds is 5. The van der Waals surface area contributed by atoms with Crippen molar-refractivity contribution in [3.63, 3.8) is 0 Å². The van der Waals surface area contributed by atoms with Gasteiger partial charge in [0.15, 0.2) is 0 Å². The first kappa shape index (κ1) is 17.1. The van der Waals surface area contributed by atoms with Gasteiger partial charge in [-0.15, -0.1) is 0 Å². The number of carbonyl (C=O) groups excluding carboxylic acids is 1. The molecule has 1 aromatic rings. The van der Waals surface area contributed by atoms with Gasteiger partial charge in [0.2, 0.25) is 5.91 Å². The zero-order valence-electron chi connectivity index (χ0n) is 13.9. The van der Waals surface area contributed by atoms with Crippen molar-refractivity contribution in [3.8, 4) is 11.5 Å². The van der Waals surface area contributed by atoms with Crippen LogP contribution >= 0.6 is 0 Å². The summed E-state index contributed by atoms with van der Waals surface area (Å²) in [5.41, 5.74) is 6.17. The highest BCUT2D eigenvalue weighted by molar-refractivity contribution is 6.48. The highest BCUT2D eigenvalue weighted by Crippen LogP contribution is 2.60. The summed E-state index contributed by atoms with van der Waals surface area (Å²) < 4.78 is 11.2. The Bertz CT molecular complexity index is 767. The molecule has 0 bridgehead atoms. The van der Waals surface area contributed by atoms with Crippen LogP contribution in [0.1, 0.15) is 28.3 Å². The molecule has 9 nitrogen and oxygen atoms in total. The van der Waals surface area contributed by atoms with Crippen molar-refractivity contribution in [2.75, 3.05) is 19.7 Å². The van der Waals surface area contributed by atoms with E-state index in [-0.39, 0.29) is 53.9 Å². The van der Waals surface area contributed by atoms with Gasteiger partial charge >= 0.3 is 13.1 Å². The third kappa shape index (κ3) is 2.70. The van der Waals surface area contributed by atoms with Crippen LogP contribution in [-0.2, 0) is 4.79 Å². The summed E-state index contributed by atoms with van der Waals surface area (Å²) in [5, 5.41) is 28.5. The SMILES string of the molecule is N[C@H](CO)C(=O)N1CC(Oc2ccc3c(c2C(=O)O)OB(O)C2CC32)C1. The topological polar surface area (TPSA) is 143 Å². The minimum absolute atomic E-state index is 0.0258. The molecule has 1 aromatic carbocycles. The van der Waals surface area contributed by atoms with Crippen LogP contribution in [0.25, 0.3) is 0 Å². The van der Waals surface area contributed by atoms with E-state index in [2.05, 4.69) is 0 Å². The van der Waals surface area contributed by atoms with Crippen LogP contribution in [0.5, 0.6) is 11.5 Å². The third-order valence-corrected chi connectivity index (χ3v) is 5.18. The number of fused-ring (bicyclic) bond motifs is 3. The lowest BCUT2D eigenvalue weighted by molar-refractivity contribution is -0.142. The molecule has 2 unspecified atom stereocenters. The molecule has 4 rings (SSSR count). The number of amides is 1. The van der Waals surface area contributed by atoms with Gasteiger partial charge in [0.1, 0.15) is 29.2 Å². The second-order valence-electron chi connectivity index (χ2n) is 6.95. The van der Waals surface area contributed by atoms with Crippen molar-refractivity contribution in [1.82, 2.24) is 4.90 Å². The van der Waals surface area contributed by atoms with Crippen molar-refractivity contribution in [1.29, 1.82) is 0 Å². The van der Waals surface area contributed by atoms with E-state index in [1.807, 2.05) is 0 Å². The number of hydrogen-bond acceptors (Lipinski definition) is 7. The van der Waals surface area contributed by atoms with Crippen LogP contribution in [-0.4, -0.2) is 71.0 Å². The molecule has 2 fully saturated rings. The molecule has 138 valence electrons. The lowest BCUT2D eigenvalue weighted by Gasteiger charge is -2.40. The molecule has 1 aliphatic carbocycles. The van der Waals surface area contributed by atoms with Gasteiger partial charge in [0.05, 0.1) is 19.7 Å². The van der Waals surface area contributed by atoms with E-state index in [9.17, 15) is 19.7 Å². The van der Waals surface area contributed by atoms with Gasteiger partial charge in [-0.05, 0) is 24.0 Å². The summed E-state index contributed by atoms with van der Waals surface area (Å²) >= 11 is 0. The smallest absolute Gasteiger partial charge is 0.526 e. The molecule has 2 heterocycles. The van der Waals surface area contributed by atoms with E-state index in [4.69, 9.17) is 20.2 Å². The number of carboxylic acid groups (broad SMARTS) is 1. The Morgan fingerprint density at radius 2 is 2.15 bits per heavy atom. The van der Waals surface area contributed by atoms with Crippen LogP contribution in [0.3, 0.4) is 0 Å². The summed E-state index contributed by atoms with van der Waals surface area (Å²) in [7, 11) is -1.00. The fraction of sp³-hybridized carbons (Fsp3) is 0.500. The molecule has 0 radical (unpaired) electrons. The fourth-order valence-electron chi connectivity index (χ4n) is 3.58. The van der Waals surface area contributed by atoms with E-state index in [0.29, 0.717) is 0 Å². The Balaban J connectivity index is 1.51. The summed E-state index contributed by atoms with van der Waals surface area (Å²) in [5.74, 6) is -1.11. The maximum atomic E-state index is 11.8. The van der Waals surface area contributed by atoms with E-state index in [0.717, 1.165) is 12.0 Å². The van der Waals surface area contributed by atoms with Gasteiger partial charge in [-0.1, -0.05) is 6.07 Å². The lowest BCUT2D eigenvalue weighted by Crippen LogP contribution is -2.60. The van der Waals surface area contributed by atoms with Crippen molar-refractivity contribution < 1.29 is 34.2 Å². The van der Waals surface area contributed by atoms with Crippen molar-refractivity contribution in [3.05, 3.63) is 23.3 Å². The molecule has 5 N–H and O–H groups in total. The zero-order valence-corrected chi connectivity index (χ0v) is 13.9. The van der Waals surface area contributed by atoms with Crippen molar-refractivity contribution >= 4 is 19.0 Å². The number of likely N-dealkylation sites (tertiary alicyclic amines) is 1. The number of nitrogens with two attached hydrogens (primary N) is 1. The number of ether oxygens (including phenoxy) is 1. The number of carboxylic acids is 1. The average molecular weight is 362 g/mol. The number of benzene rings is 1. The maximum absolute atomic E-state index is 11.8. The van der Waals surface area contributed by atoms with Crippen molar-refractivity contribution in [2.45, 2.75) is 30.3 Å². The molecule has 0 aromatic heterocycles. The number of hydrogen-bond donors (Lipinski definition) is 4. The Kier molecular flexibility index (Phi) is 4.05. The molecular formula is C16H19BN2O7. The minimum atomic E-state index is -1.20. The van der Waals surface area contributed by atoms with Gasteiger partial charge in [-0.2, -0.15) is 0 Å². The van der Waals surface area contributed by atoms with Gasteiger partial charge in [-0.3, -0.25) is 4.79 Å². The number of aliphatic hydroxyl groups excluding tert-OH is 1. The highest BCUT2D eigenvalue weighted by atomic mass is 16.5. The van der Waals surface area contributed by atoms with E-state index in [1.165, 1.54) is 4.90 Å². The molecule has 26 heavy (non-hydrogen) atoms. The van der Waals surface area contributed by atoms with Crippen LogP contribution in [0, 0.1) is 0 Å². The number of aliphatic hydroxyl groups is 1. The van der Waals surface area contributed by atoms with E-state index < -0.39 is 25.7 Å². The molecule has 1 saturated carbocycles. The van der Waals surface area contributed by atoms with Crippen LogP contribution in [0.2, 0.25) is 5.82 Å². The summed E-state index contributed by atoms with van der Waals surface area (Å²) in [6.45, 7) is 0.0877. The van der Waals surface area contributed by atoms with E-state index >= 15 is 0 Å². The molecule has 1 saturated heterocycles. The first-order valence-electron chi connectivity index (χ1n) is 8.47. The number of aromatic carboxylic acids is 1. The second-order valence-corrected chi connectivity index (χ2v) is 6.95. The Morgan fingerprint density at radius 3 is 2.81 bits per heavy atom. The second kappa shape index (κ2) is 6.15. The van der Waals surface area contributed by atoms with E-state index in [1.54, 1.807) is 12.1 Å². The predicted molar refractivity (Wildman–Crippen MR) is 89.2 cm³/mol.